The van der Waals surface area contributed by atoms with Crippen LogP contribution in [0.3, 0.4) is 0 Å². The molecule has 3 N–H and O–H groups in total. The van der Waals surface area contributed by atoms with E-state index in [9.17, 15) is 15.0 Å². The molecule has 1 heterocycles. The second-order valence-corrected chi connectivity index (χ2v) is 10.5. The van der Waals surface area contributed by atoms with E-state index in [1.807, 2.05) is 51.1 Å². The predicted octanol–water partition coefficient (Wildman–Crippen LogP) is 4.51. The molecule has 10 nitrogen and oxygen atoms in total. The van der Waals surface area contributed by atoms with Crippen LogP contribution in [-0.4, -0.2) is 72.7 Å². The molecule has 10 heteroatoms. The number of methoxy groups -OCH3 is 2. The van der Waals surface area contributed by atoms with Gasteiger partial charge in [0.2, 0.25) is 5.95 Å². The van der Waals surface area contributed by atoms with Crippen LogP contribution < -0.4 is 24.4 Å². The highest BCUT2D eigenvalue weighted by atomic mass is 16.5. The zero-order chi connectivity index (χ0) is 31.6. The first-order chi connectivity index (χ1) is 21.3. The predicted molar refractivity (Wildman–Crippen MR) is 171 cm³/mol. The Hall–Kier alpha value is -4.67. The van der Waals surface area contributed by atoms with Crippen LogP contribution in [0.4, 0.5) is 11.8 Å². The second-order valence-electron chi connectivity index (χ2n) is 10.5. The third-order valence-electron chi connectivity index (χ3n) is 7.17. The lowest BCUT2D eigenvalue weighted by atomic mass is 9.94. The van der Waals surface area contributed by atoms with Crippen molar-refractivity contribution in [1.82, 2.24) is 9.97 Å². The van der Waals surface area contributed by atoms with Crippen molar-refractivity contribution < 1.29 is 29.2 Å². The van der Waals surface area contributed by atoms with Gasteiger partial charge in [-0.25, -0.2) is 9.78 Å². The Morgan fingerprint density at radius 3 is 2.05 bits per heavy atom. The average Bonchev–Trinajstić information content (AvgIpc) is 3.01. The summed E-state index contributed by atoms with van der Waals surface area (Å²) in [6.07, 6.45) is 2.03. The highest BCUT2D eigenvalue weighted by Gasteiger charge is 2.26. The number of aryl methyl sites for hydroxylation is 3. The van der Waals surface area contributed by atoms with E-state index in [0.29, 0.717) is 35.2 Å². The third-order valence-corrected chi connectivity index (χ3v) is 7.17. The Balaban J connectivity index is 1.81. The molecule has 0 bridgehead atoms. The van der Waals surface area contributed by atoms with Crippen LogP contribution in [0.2, 0.25) is 0 Å². The maximum atomic E-state index is 13.9. The summed E-state index contributed by atoms with van der Waals surface area (Å²) in [5.41, 5.74) is 5.79. The molecule has 0 aliphatic carbocycles. The maximum Gasteiger partial charge on any atom is 0.334 e. The number of esters is 1. The molecule has 4 rings (SSSR count). The van der Waals surface area contributed by atoms with E-state index in [4.69, 9.17) is 19.2 Å². The molecular weight excluding hydrogens is 560 g/mol. The summed E-state index contributed by atoms with van der Waals surface area (Å²) in [6.45, 7) is 6.29. The van der Waals surface area contributed by atoms with Crippen molar-refractivity contribution in [3.8, 4) is 28.4 Å². The Morgan fingerprint density at radius 2 is 1.48 bits per heavy atom. The number of ether oxygens (including phenoxy) is 3. The van der Waals surface area contributed by atoms with Gasteiger partial charge in [0.25, 0.3) is 0 Å². The lowest BCUT2D eigenvalue weighted by molar-refractivity contribution is -0.135. The van der Waals surface area contributed by atoms with Crippen LogP contribution in [-0.2, 0) is 11.2 Å². The molecule has 1 aromatic heterocycles. The molecule has 0 aliphatic rings. The van der Waals surface area contributed by atoms with Crippen molar-refractivity contribution in [2.75, 3.05) is 50.7 Å². The standard InChI is InChI=1S/C34H40N4O6/c1-22-15-23(2)31(24(3)16-22)29-21-35-34(38(11-13-39)12-14-40)37-32(29)36-30(17-25-9-7-6-8-10-25)33(41)44-28-19-26(42-4)18-27(20-28)43-5/h6-10,15-16,18-21,30,39-40H,11-14,17H2,1-5H3,(H,35,36,37)/t30-/m0/s1. The monoisotopic (exact) mass is 600 g/mol. The minimum absolute atomic E-state index is 0.142. The molecule has 0 radical (unpaired) electrons. The Kier molecular flexibility index (Phi) is 11.1. The van der Waals surface area contributed by atoms with Gasteiger partial charge in [-0.2, -0.15) is 4.98 Å². The van der Waals surface area contributed by atoms with Gasteiger partial charge in [0, 0.05) is 49.5 Å². The number of nitrogens with zero attached hydrogens (tertiary/aromatic N) is 3. The second kappa shape index (κ2) is 15.2. The number of carbonyl (C=O) groups excluding carboxylic acids is 1. The van der Waals surface area contributed by atoms with Crippen LogP contribution in [0, 0.1) is 20.8 Å². The van der Waals surface area contributed by atoms with Gasteiger partial charge in [-0.1, -0.05) is 48.0 Å². The summed E-state index contributed by atoms with van der Waals surface area (Å²) in [7, 11) is 3.06. The number of nitrogens with one attached hydrogen (secondary N) is 1. The number of aromatic nitrogens is 2. The van der Waals surface area contributed by atoms with E-state index >= 15 is 0 Å². The molecule has 4 aromatic rings. The van der Waals surface area contributed by atoms with Gasteiger partial charge in [-0.05, 0) is 43.0 Å². The molecule has 0 saturated carbocycles. The fourth-order valence-corrected chi connectivity index (χ4v) is 5.21. The van der Waals surface area contributed by atoms with Crippen molar-refractivity contribution in [3.63, 3.8) is 0 Å². The molecule has 3 aromatic carbocycles. The van der Waals surface area contributed by atoms with Crippen molar-refractivity contribution in [1.29, 1.82) is 0 Å². The van der Waals surface area contributed by atoms with Gasteiger partial charge in [0.05, 0.1) is 27.4 Å². The average molecular weight is 601 g/mol. The van der Waals surface area contributed by atoms with E-state index in [-0.39, 0.29) is 32.1 Å². The zero-order valence-corrected chi connectivity index (χ0v) is 25.8. The van der Waals surface area contributed by atoms with Crippen LogP contribution in [0.1, 0.15) is 22.3 Å². The summed E-state index contributed by atoms with van der Waals surface area (Å²) in [6, 6.07) is 17.9. The zero-order valence-electron chi connectivity index (χ0n) is 25.8. The molecule has 0 spiro atoms. The van der Waals surface area contributed by atoms with Gasteiger partial charge in [0.15, 0.2) is 0 Å². The van der Waals surface area contributed by atoms with Crippen molar-refractivity contribution in [2.24, 2.45) is 0 Å². The van der Waals surface area contributed by atoms with Crippen LogP contribution >= 0.6 is 0 Å². The summed E-state index contributed by atoms with van der Waals surface area (Å²) in [4.78, 5) is 25.0. The van der Waals surface area contributed by atoms with E-state index in [1.165, 1.54) is 14.2 Å². The topological polar surface area (TPSA) is 126 Å². The number of anilines is 2. The van der Waals surface area contributed by atoms with Gasteiger partial charge in [-0.3, -0.25) is 0 Å². The SMILES string of the molecule is COc1cc(OC)cc(OC(=O)[C@H](Cc2ccccc2)Nc2nc(N(CCO)CCO)ncc2-c2c(C)cc(C)cc2C)c1. The Bertz CT molecular complexity index is 1510. The molecular formula is C34H40N4O6. The van der Waals surface area contributed by atoms with E-state index in [0.717, 1.165) is 27.8 Å². The normalized spacial score (nSPS) is 11.5. The molecule has 0 amide bonds. The van der Waals surface area contributed by atoms with Crippen LogP contribution in [0.5, 0.6) is 17.2 Å². The fourth-order valence-electron chi connectivity index (χ4n) is 5.21. The minimum Gasteiger partial charge on any atom is -0.496 e. The molecule has 0 unspecified atom stereocenters. The smallest absolute Gasteiger partial charge is 0.334 e. The Labute approximate surface area is 258 Å². The highest BCUT2D eigenvalue weighted by Crippen LogP contribution is 2.34. The molecule has 232 valence electrons. The molecule has 0 fully saturated rings. The van der Waals surface area contributed by atoms with E-state index in [1.54, 1.807) is 29.3 Å². The number of carbonyl (C=O) groups is 1. The van der Waals surface area contributed by atoms with Crippen LogP contribution in [0.15, 0.2) is 66.9 Å². The lowest BCUT2D eigenvalue weighted by Crippen LogP contribution is -2.36. The Morgan fingerprint density at radius 1 is 0.886 bits per heavy atom. The number of aliphatic hydroxyl groups excluding tert-OH is 2. The van der Waals surface area contributed by atoms with Gasteiger partial charge in [0.1, 0.15) is 29.1 Å². The molecule has 44 heavy (non-hydrogen) atoms. The molecule has 0 aliphatic heterocycles. The number of aliphatic hydroxyl groups is 2. The highest BCUT2D eigenvalue weighted by molar-refractivity contribution is 5.86. The summed E-state index contributed by atoms with van der Waals surface area (Å²) >= 11 is 0. The molecule has 0 saturated heterocycles. The number of hydrogen-bond acceptors (Lipinski definition) is 10. The van der Waals surface area contributed by atoms with Gasteiger partial charge >= 0.3 is 5.97 Å². The summed E-state index contributed by atoms with van der Waals surface area (Å²) in [5.74, 6) is 1.45. The summed E-state index contributed by atoms with van der Waals surface area (Å²) < 4.78 is 16.6. The fraction of sp³-hybridized carbons (Fsp3) is 0.324. The third kappa shape index (κ3) is 8.03. The first-order valence-corrected chi connectivity index (χ1v) is 14.4. The van der Waals surface area contributed by atoms with Gasteiger partial charge in [-0.15, -0.1) is 0 Å². The van der Waals surface area contributed by atoms with Gasteiger partial charge < -0.3 is 34.6 Å². The summed E-state index contributed by atoms with van der Waals surface area (Å²) in [5, 5.41) is 22.7. The van der Waals surface area contributed by atoms with Crippen molar-refractivity contribution in [2.45, 2.75) is 33.2 Å². The number of benzene rings is 3. The van der Waals surface area contributed by atoms with Crippen molar-refractivity contribution >= 4 is 17.7 Å². The quantitative estimate of drug-likeness (QED) is 0.141. The minimum atomic E-state index is -0.855. The number of hydrogen-bond donors (Lipinski definition) is 3. The number of rotatable bonds is 14. The first kappa shape index (κ1) is 32.2. The lowest BCUT2D eigenvalue weighted by Gasteiger charge is -2.25. The maximum absolute atomic E-state index is 13.9. The van der Waals surface area contributed by atoms with E-state index < -0.39 is 12.0 Å². The first-order valence-electron chi connectivity index (χ1n) is 14.4. The van der Waals surface area contributed by atoms with E-state index in [2.05, 4.69) is 22.4 Å². The molecule has 1 atom stereocenters. The largest absolute Gasteiger partial charge is 0.496 e. The van der Waals surface area contributed by atoms with Crippen molar-refractivity contribution in [3.05, 3.63) is 89.1 Å². The van der Waals surface area contributed by atoms with Crippen LogP contribution in [0.25, 0.3) is 11.1 Å².